The molecule has 0 atom stereocenters. The van der Waals surface area contributed by atoms with Crippen molar-refractivity contribution in [3.63, 3.8) is 0 Å². The fraction of sp³-hybridized carbons (Fsp3) is 0. The van der Waals surface area contributed by atoms with Gasteiger partial charge >= 0.3 is 0 Å². The number of H-pyrrole nitrogens is 1. The molecule has 1 aromatic heterocycles. The van der Waals surface area contributed by atoms with Gasteiger partial charge in [0.15, 0.2) is 0 Å². The molecule has 2 aromatic carbocycles. The van der Waals surface area contributed by atoms with E-state index in [9.17, 15) is 0 Å². The smallest absolute Gasteiger partial charge is 0.121 e. The summed E-state index contributed by atoms with van der Waals surface area (Å²) in [6.45, 7) is 0. The molecule has 1 aliphatic carbocycles. The number of aromatic amines is 1. The van der Waals surface area contributed by atoms with Crippen molar-refractivity contribution in [2.75, 3.05) is 0 Å². The highest BCUT2D eigenvalue weighted by molar-refractivity contribution is 5.92. The number of nitrogens with one attached hydrogen (secondary N) is 1. The summed E-state index contributed by atoms with van der Waals surface area (Å²) in [6.07, 6.45) is 4.26. The molecule has 4 rings (SSSR count). The van der Waals surface area contributed by atoms with E-state index >= 15 is 0 Å². The molecular weight excluding hydrogens is 234 g/mol. The quantitative estimate of drug-likeness (QED) is 0.514. The predicted molar refractivity (Wildman–Crippen MR) is 76.2 cm³/mol. The Morgan fingerprint density at radius 3 is 1.63 bits per heavy atom. The first-order chi connectivity index (χ1) is 9.43. The van der Waals surface area contributed by atoms with E-state index in [1.807, 2.05) is 24.3 Å². The first-order valence-electron chi connectivity index (χ1n) is 6.21. The van der Waals surface area contributed by atoms with Crippen LogP contribution in [-0.4, -0.2) is 15.4 Å². The highest BCUT2D eigenvalue weighted by Crippen LogP contribution is 2.35. The van der Waals surface area contributed by atoms with Gasteiger partial charge in [-0.25, -0.2) is 0 Å². The molecule has 1 aliphatic rings. The number of hydrogen-bond acceptors (Lipinski definition) is 2. The normalized spacial score (nSPS) is 12.0. The lowest BCUT2D eigenvalue weighted by Gasteiger charge is -2.10. The second-order valence-electron chi connectivity index (χ2n) is 4.53. The molecule has 0 bridgehead atoms. The van der Waals surface area contributed by atoms with Crippen molar-refractivity contribution in [1.29, 1.82) is 0 Å². The minimum atomic E-state index is 0.910. The van der Waals surface area contributed by atoms with E-state index in [0.29, 0.717) is 0 Å². The number of nitrogens with zero attached hydrogens (tertiary/aromatic N) is 2. The van der Waals surface area contributed by atoms with Gasteiger partial charge in [-0.3, -0.25) is 0 Å². The summed E-state index contributed by atoms with van der Waals surface area (Å²) in [6, 6.07) is 16.5. The Morgan fingerprint density at radius 1 is 0.632 bits per heavy atom. The maximum Gasteiger partial charge on any atom is 0.121 e. The van der Waals surface area contributed by atoms with Gasteiger partial charge in [-0.05, 0) is 11.1 Å². The Morgan fingerprint density at radius 2 is 1.11 bits per heavy atom. The number of benzene rings is 2. The lowest BCUT2D eigenvalue weighted by Crippen LogP contribution is -1.92. The molecular formula is C16H11N3. The van der Waals surface area contributed by atoms with Crippen LogP contribution >= 0.6 is 0 Å². The van der Waals surface area contributed by atoms with E-state index in [1.54, 1.807) is 0 Å². The Hall–Kier alpha value is -2.68. The van der Waals surface area contributed by atoms with Crippen LogP contribution in [0.25, 0.3) is 34.7 Å². The summed E-state index contributed by atoms with van der Waals surface area (Å²) in [5, 5.41) is 11.4. The second-order valence-corrected chi connectivity index (χ2v) is 4.53. The van der Waals surface area contributed by atoms with Crippen molar-refractivity contribution >= 4 is 12.2 Å². The van der Waals surface area contributed by atoms with Gasteiger partial charge in [0.1, 0.15) is 11.4 Å². The Labute approximate surface area is 110 Å². The first kappa shape index (κ1) is 10.3. The maximum atomic E-state index is 4.33. The van der Waals surface area contributed by atoms with Gasteiger partial charge in [0.05, 0.1) is 0 Å². The van der Waals surface area contributed by atoms with Crippen LogP contribution in [0, 0.1) is 0 Å². The molecule has 0 aliphatic heterocycles. The lowest BCUT2D eigenvalue weighted by molar-refractivity contribution is 0.944. The van der Waals surface area contributed by atoms with E-state index in [-0.39, 0.29) is 0 Å². The topological polar surface area (TPSA) is 41.6 Å². The summed E-state index contributed by atoms with van der Waals surface area (Å²) >= 11 is 0. The molecule has 3 nitrogen and oxygen atoms in total. The van der Waals surface area contributed by atoms with Gasteiger partial charge in [0.2, 0.25) is 0 Å². The SMILES string of the molecule is C1=Cc2ccccc2-c2n[nH]nc2-c2ccccc21. The zero-order chi connectivity index (χ0) is 12.7. The van der Waals surface area contributed by atoms with E-state index in [2.05, 4.69) is 51.8 Å². The van der Waals surface area contributed by atoms with Crippen molar-refractivity contribution in [2.45, 2.75) is 0 Å². The van der Waals surface area contributed by atoms with Crippen molar-refractivity contribution in [3.05, 3.63) is 59.7 Å². The van der Waals surface area contributed by atoms with E-state index in [4.69, 9.17) is 0 Å². The Kier molecular flexibility index (Phi) is 2.12. The third kappa shape index (κ3) is 1.52. The van der Waals surface area contributed by atoms with Crippen LogP contribution in [-0.2, 0) is 0 Å². The Balaban J connectivity index is 2.11. The lowest BCUT2D eigenvalue weighted by atomic mass is 9.94. The van der Waals surface area contributed by atoms with Crippen LogP contribution in [0.15, 0.2) is 48.5 Å². The minimum absolute atomic E-state index is 0.910. The van der Waals surface area contributed by atoms with Gasteiger partial charge in [0.25, 0.3) is 0 Å². The second kappa shape index (κ2) is 3.92. The third-order valence-electron chi connectivity index (χ3n) is 3.42. The number of rotatable bonds is 0. The van der Waals surface area contributed by atoms with E-state index in [0.717, 1.165) is 33.6 Å². The van der Waals surface area contributed by atoms with Crippen LogP contribution < -0.4 is 0 Å². The van der Waals surface area contributed by atoms with Crippen molar-refractivity contribution < 1.29 is 0 Å². The summed E-state index contributed by atoms with van der Waals surface area (Å²) < 4.78 is 0. The molecule has 0 amide bonds. The van der Waals surface area contributed by atoms with Crippen LogP contribution in [0.4, 0.5) is 0 Å². The predicted octanol–water partition coefficient (Wildman–Crippen LogP) is 3.62. The number of fused-ring (bicyclic) bond motifs is 5. The molecule has 0 unspecified atom stereocenters. The van der Waals surface area contributed by atoms with Crippen LogP contribution in [0.3, 0.4) is 0 Å². The van der Waals surface area contributed by atoms with Gasteiger partial charge in [-0.15, -0.1) is 0 Å². The standard InChI is InChI=1S/C16H11N3/c1-3-7-13-11(5-1)9-10-12-6-2-4-8-14(12)16-15(13)17-19-18-16/h1-10H,(H,17,18,19). The number of aromatic nitrogens is 3. The molecule has 0 fully saturated rings. The zero-order valence-corrected chi connectivity index (χ0v) is 10.2. The van der Waals surface area contributed by atoms with Gasteiger partial charge in [0, 0.05) is 11.1 Å². The fourth-order valence-electron chi connectivity index (χ4n) is 2.50. The molecule has 1 heterocycles. The Bertz CT molecular complexity index is 720. The summed E-state index contributed by atoms with van der Waals surface area (Å²) in [7, 11) is 0. The average Bonchev–Trinajstić information content (AvgIpc) is 2.92. The molecule has 19 heavy (non-hydrogen) atoms. The minimum Gasteiger partial charge on any atom is -0.197 e. The van der Waals surface area contributed by atoms with Crippen LogP contribution in [0.2, 0.25) is 0 Å². The largest absolute Gasteiger partial charge is 0.197 e. The highest BCUT2D eigenvalue weighted by Gasteiger charge is 2.17. The van der Waals surface area contributed by atoms with E-state index < -0.39 is 0 Å². The van der Waals surface area contributed by atoms with Crippen LogP contribution in [0.1, 0.15) is 11.1 Å². The molecule has 0 spiro atoms. The van der Waals surface area contributed by atoms with Gasteiger partial charge in [-0.1, -0.05) is 60.7 Å². The highest BCUT2D eigenvalue weighted by atomic mass is 15.3. The molecule has 3 heteroatoms. The van der Waals surface area contributed by atoms with Gasteiger partial charge < -0.3 is 0 Å². The maximum absolute atomic E-state index is 4.33. The fourth-order valence-corrected chi connectivity index (χ4v) is 2.50. The molecule has 3 aromatic rings. The van der Waals surface area contributed by atoms with Crippen molar-refractivity contribution in [2.24, 2.45) is 0 Å². The molecule has 0 saturated carbocycles. The molecule has 1 N–H and O–H groups in total. The third-order valence-corrected chi connectivity index (χ3v) is 3.42. The van der Waals surface area contributed by atoms with E-state index in [1.165, 1.54) is 0 Å². The molecule has 0 saturated heterocycles. The summed E-state index contributed by atoms with van der Waals surface area (Å²) in [4.78, 5) is 0. The van der Waals surface area contributed by atoms with Gasteiger partial charge in [-0.2, -0.15) is 15.4 Å². The summed E-state index contributed by atoms with van der Waals surface area (Å²) in [5.41, 5.74) is 6.35. The monoisotopic (exact) mass is 245 g/mol. The van der Waals surface area contributed by atoms with Crippen LogP contribution in [0.5, 0.6) is 0 Å². The summed E-state index contributed by atoms with van der Waals surface area (Å²) in [5.74, 6) is 0. The average molecular weight is 245 g/mol. The molecule has 0 radical (unpaired) electrons. The first-order valence-corrected chi connectivity index (χ1v) is 6.21. The van der Waals surface area contributed by atoms with Crippen molar-refractivity contribution in [3.8, 4) is 22.5 Å². The number of hydrogen-bond donors (Lipinski definition) is 1. The van der Waals surface area contributed by atoms with Crippen molar-refractivity contribution in [1.82, 2.24) is 15.4 Å². The molecule has 90 valence electrons. The zero-order valence-electron chi connectivity index (χ0n) is 10.2.